The van der Waals surface area contributed by atoms with Gasteiger partial charge in [-0.15, -0.1) is 23.5 Å². The van der Waals surface area contributed by atoms with Gasteiger partial charge in [0.25, 0.3) is 5.91 Å². The van der Waals surface area contributed by atoms with Crippen LogP contribution in [0.25, 0.3) is 0 Å². The molecule has 0 saturated heterocycles. The Bertz CT molecular complexity index is 1220. The van der Waals surface area contributed by atoms with Crippen molar-refractivity contribution in [3.05, 3.63) is 23.0 Å². The van der Waals surface area contributed by atoms with Crippen LogP contribution in [0.2, 0.25) is 0 Å². The third-order valence-corrected chi connectivity index (χ3v) is 12.7. The number of hydrogen-bond acceptors (Lipinski definition) is 11. The number of nitrogens with zero attached hydrogens (tertiary/aromatic N) is 3. The SMILES string of the molecule is CCC(=O)CCN(CCC(=O)CC)C(=O)CCN(CCC(=O)N(CCC(=O)CC)CCC(=O)CC)P1(=O)CCC(=O)/C=C/SCS/C=C/C(=O)NN1. The van der Waals surface area contributed by atoms with Gasteiger partial charge in [-0.25, -0.2) is 4.67 Å². The second-order valence-corrected chi connectivity index (χ2v) is 16.9. The monoisotopic (exact) mass is 785 g/mol. The average molecular weight is 786 g/mol. The molecule has 2 N–H and O–H groups in total. The molecule has 0 radical (unpaired) electrons. The van der Waals surface area contributed by atoms with Gasteiger partial charge in [0.15, 0.2) is 5.78 Å². The molecule has 1 heterocycles. The Kier molecular flexibility index (Phi) is 24.3. The Balaban J connectivity index is 3.43. The van der Waals surface area contributed by atoms with Crippen molar-refractivity contribution in [2.45, 2.75) is 98.3 Å². The van der Waals surface area contributed by atoms with E-state index in [9.17, 15) is 42.9 Å². The van der Waals surface area contributed by atoms with Crippen LogP contribution < -0.4 is 10.6 Å². The molecule has 1 atom stereocenters. The molecule has 0 saturated carbocycles. The van der Waals surface area contributed by atoms with Gasteiger partial charge in [0, 0.05) is 127 Å². The number of hydrazine groups is 1. The molecule has 0 aromatic rings. The van der Waals surface area contributed by atoms with Gasteiger partial charge in [0.1, 0.15) is 23.1 Å². The van der Waals surface area contributed by atoms with Crippen molar-refractivity contribution >= 4 is 77.6 Å². The molecule has 0 aromatic heterocycles. The minimum absolute atomic E-state index is 0.0424. The molecule has 3 amide bonds. The van der Waals surface area contributed by atoms with E-state index in [1.807, 2.05) is 0 Å². The summed E-state index contributed by atoms with van der Waals surface area (Å²) < 4.78 is 16.2. The fourth-order valence-corrected chi connectivity index (χ4v) is 8.42. The standard InChI is InChI=1S/C35H56N5O9PS2/c1-5-28(41)9-18-38(19-10-29(42)6-2)34(47)13-22-40(23-14-35(48)39(20-11-30(43)7-3)21-12-31(44)8-4)50(49)24-15-32(45)16-25-51-27-52-26-17-33(46)36-37-50/h16-17,25-26H,5-15,18-24,27H2,1-4H3,(H,36,46)(H,37,49)/b25-16+,26-17+. The van der Waals surface area contributed by atoms with Gasteiger partial charge in [0.2, 0.25) is 19.3 Å². The van der Waals surface area contributed by atoms with Crippen molar-refractivity contribution < 1.29 is 42.9 Å². The zero-order valence-electron chi connectivity index (χ0n) is 31.0. The van der Waals surface area contributed by atoms with Crippen LogP contribution in [0.5, 0.6) is 0 Å². The number of thioether (sulfide) groups is 2. The predicted molar refractivity (Wildman–Crippen MR) is 205 cm³/mol. The van der Waals surface area contributed by atoms with Crippen molar-refractivity contribution in [1.82, 2.24) is 25.1 Å². The molecule has 17 heteroatoms. The first-order valence-electron chi connectivity index (χ1n) is 17.9. The number of carbonyl (C=O) groups excluding carboxylic acids is 8. The van der Waals surface area contributed by atoms with Crippen molar-refractivity contribution in [1.29, 1.82) is 0 Å². The van der Waals surface area contributed by atoms with Crippen LogP contribution in [-0.4, -0.2) is 112 Å². The molecule has 52 heavy (non-hydrogen) atoms. The predicted octanol–water partition coefficient (Wildman–Crippen LogP) is 4.44. The topological polar surface area (TPSA) is 187 Å². The summed E-state index contributed by atoms with van der Waals surface area (Å²) >= 11 is 2.69. The summed E-state index contributed by atoms with van der Waals surface area (Å²) in [7, 11) is -3.90. The highest BCUT2D eigenvalue weighted by atomic mass is 32.2. The van der Waals surface area contributed by atoms with Crippen LogP contribution in [0, 0.1) is 0 Å². The summed E-state index contributed by atoms with van der Waals surface area (Å²) in [6.07, 6.45) is 3.52. The summed E-state index contributed by atoms with van der Waals surface area (Å²) in [5, 5.41) is 6.39. The molecule has 0 bridgehead atoms. The van der Waals surface area contributed by atoms with Crippen LogP contribution in [0.1, 0.15) is 98.3 Å². The third kappa shape index (κ3) is 19.8. The van der Waals surface area contributed by atoms with E-state index in [0.717, 1.165) is 0 Å². The molecule has 1 aliphatic rings. The van der Waals surface area contributed by atoms with Gasteiger partial charge < -0.3 is 9.80 Å². The minimum atomic E-state index is -3.90. The Hall–Kier alpha value is -2.91. The Morgan fingerprint density at radius 2 is 1.04 bits per heavy atom. The van der Waals surface area contributed by atoms with E-state index in [1.165, 1.54) is 50.1 Å². The van der Waals surface area contributed by atoms with E-state index in [1.54, 1.807) is 38.5 Å². The van der Waals surface area contributed by atoms with E-state index in [0.29, 0.717) is 30.8 Å². The van der Waals surface area contributed by atoms with E-state index < -0.39 is 25.2 Å². The lowest BCUT2D eigenvalue weighted by atomic mass is 10.1. The maximum absolute atomic E-state index is 14.8. The van der Waals surface area contributed by atoms with Crippen LogP contribution >= 0.6 is 31.0 Å². The number of Topliss-reactive ketones (excluding diaryl/α,β-unsaturated/α-hetero) is 4. The molecule has 1 unspecified atom stereocenters. The van der Waals surface area contributed by atoms with Crippen molar-refractivity contribution in [3.8, 4) is 0 Å². The molecule has 292 valence electrons. The summed E-state index contributed by atoms with van der Waals surface area (Å²) in [4.78, 5) is 104. The highest BCUT2D eigenvalue weighted by molar-refractivity contribution is 8.18. The highest BCUT2D eigenvalue weighted by Gasteiger charge is 2.33. The largest absolute Gasteiger partial charge is 0.342 e. The molecular formula is C35H56N5O9PS2. The number of rotatable bonds is 23. The molecule has 1 rings (SSSR count). The van der Waals surface area contributed by atoms with E-state index >= 15 is 0 Å². The van der Waals surface area contributed by atoms with Crippen LogP contribution in [0.15, 0.2) is 23.0 Å². The first-order valence-corrected chi connectivity index (χ1v) is 21.9. The van der Waals surface area contributed by atoms with Crippen LogP contribution in [0.3, 0.4) is 0 Å². The van der Waals surface area contributed by atoms with Crippen molar-refractivity contribution in [2.75, 3.05) is 50.5 Å². The Morgan fingerprint density at radius 1 is 0.635 bits per heavy atom. The lowest BCUT2D eigenvalue weighted by Crippen LogP contribution is -2.43. The number of ketones is 5. The summed E-state index contributed by atoms with van der Waals surface area (Å²) in [6, 6.07) is 0. The molecule has 14 nitrogen and oxygen atoms in total. The first kappa shape index (κ1) is 47.1. The zero-order chi connectivity index (χ0) is 38.9. The van der Waals surface area contributed by atoms with E-state index in [4.69, 9.17) is 0 Å². The molecule has 0 aliphatic carbocycles. The van der Waals surface area contributed by atoms with Crippen LogP contribution in [0.4, 0.5) is 0 Å². The lowest BCUT2D eigenvalue weighted by molar-refractivity contribution is -0.133. The fraction of sp³-hybridized carbons (Fsp3) is 0.657. The summed E-state index contributed by atoms with van der Waals surface area (Å²) in [5.74, 6) is -1.85. The van der Waals surface area contributed by atoms with Gasteiger partial charge in [0.05, 0.1) is 0 Å². The smallest absolute Gasteiger partial charge is 0.258 e. The maximum atomic E-state index is 14.8. The number of amides is 3. The van der Waals surface area contributed by atoms with Gasteiger partial charge in [-0.2, -0.15) is 5.20 Å². The summed E-state index contributed by atoms with van der Waals surface area (Å²) in [5.41, 5.74) is 2.43. The average Bonchev–Trinajstić information content (AvgIpc) is 3.14. The minimum Gasteiger partial charge on any atom is -0.342 e. The molecule has 1 aliphatic heterocycles. The van der Waals surface area contributed by atoms with Crippen LogP contribution in [-0.2, 0) is 42.9 Å². The fourth-order valence-electron chi connectivity index (χ4n) is 4.82. The second kappa shape index (κ2) is 26.8. The molecule has 0 aromatic carbocycles. The van der Waals surface area contributed by atoms with Gasteiger partial charge in [-0.05, 0) is 16.9 Å². The van der Waals surface area contributed by atoms with Crippen molar-refractivity contribution in [2.24, 2.45) is 0 Å². The third-order valence-electron chi connectivity index (χ3n) is 8.37. The van der Waals surface area contributed by atoms with E-state index in [-0.39, 0.29) is 119 Å². The summed E-state index contributed by atoms with van der Waals surface area (Å²) in [6.45, 7) is 7.03. The van der Waals surface area contributed by atoms with E-state index in [2.05, 4.69) is 10.6 Å². The van der Waals surface area contributed by atoms with Gasteiger partial charge in [-0.3, -0.25) is 48.3 Å². The highest BCUT2D eigenvalue weighted by Crippen LogP contribution is 2.45. The normalized spacial score (nSPS) is 18.2. The van der Waals surface area contributed by atoms with Gasteiger partial charge in [-0.1, -0.05) is 27.7 Å². The van der Waals surface area contributed by atoms with Gasteiger partial charge >= 0.3 is 0 Å². The first-order chi connectivity index (χ1) is 24.8. The number of hydrogen-bond donors (Lipinski definition) is 2. The number of nitrogens with one attached hydrogen (secondary N) is 2. The molecule has 0 fully saturated rings. The van der Waals surface area contributed by atoms with Crippen molar-refractivity contribution in [3.63, 3.8) is 0 Å². The number of carbonyl (C=O) groups is 8. The Labute approximate surface area is 316 Å². The zero-order valence-corrected chi connectivity index (χ0v) is 33.6. The lowest BCUT2D eigenvalue weighted by Gasteiger charge is -2.33. The molecular weight excluding hydrogens is 730 g/mol. The quantitative estimate of drug-likeness (QED) is 0.139. The number of allylic oxidation sites excluding steroid dienone is 1. The Morgan fingerprint density at radius 3 is 1.44 bits per heavy atom. The maximum Gasteiger partial charge on any atom is 0.258 e. The molecule has 0 spiro atoms. The second-order valence-electron chi connectivity index (χ2n) is 12.1.